The lowest BCUT2D eigenvalue weighted by atomic mass is 9.93. The summed E-state index contributed by atoms with van der Waals surface area (Å²) in [7, 11) is 0. The molecule has 0 bridgehead atoms. The van der Waals surface area contributed by atoms with Crippen molar-refractivity contribution in [2.24, 2.45) is 28.6 Å². The van der Waals surface area contributed by atoms with Gasteiger partial charge < -0.3 is 21.0 Å². The Bertz CT molecular complexity index is 318. The second kappa shape index (κ2) is 6.58. The summed E-state index contributed by atoms with van der Waals surface area (Å²) in [5, 5.41) is 14.5. The number of carbonyl (C=O) groups excluding carboxylic acids is 1. The van der Waals surface area contributed by atoms with E-state index in [0.29, 0.717) is 12.5 Å². The van der Waals surface area contributed by atoms with E-state index in [1.165, 1.54) is 0 Å². The fraction of sp³-hybridized carbons (Fsp3) is 0.833. The zero-order valence-corrected chi connectivity index (χ0v) is 11.2. The van der Waals surface area contributed by atoms with Gasteiger partial charge in [-0.3, -0.25) is 4.79 Å². The lowest BCUT2D eigenvalue weighted by Gasteiger charge is -2.21. The third kappa shape index (κ3) is 3.60. The number of nitrogens with two attached hydrogens (primary N) is 1. The molecule has 1 heterocycles. The molecule has 1 saturated heterocycles. The van der Waals surface area contributed by atoms with Gasteiger partial charge in [-0.25, -0.2) is 0 Å². The standard InChI is InChI=1S/C12H23N3O3/c1-7(2)10(11(13)15-17)12(16)14-6-9-4-5-18-8(9)3/h7-10,17H,4-6H2,1-3H3,(H2,13,15)(H,14,16). The smallest absolute Gasteiger partial charge is 0.231 e. The lowest BCUT2D eigenvalue weighted by Crippen LogP contribution is -2.43. The quantitative estimate of drug-likeness (QED) is 0.290. The molecule has 0 aliphatic carbocycles. The van der Waals surface area contributed by atoms with Gasteiger partial charge in [0, 0.05) is 19.1 Å². The topological polar surface area (TPSA) is 96.9 Å². The molecule has 0 spiro atoms. The molecule has 0 aromatic carbocycles. The molecule has 0 aromatic rings. The van der Waals surface area contributed by atoms with E-state index in [1.807, 2.05) is 20.8 Å². The van der Waals surface area contributed by atoms with Gasteiger partial charge in [-0.1, -0.05) is 19.0 Å². The predicted molar refractivity (Wildman–Crippen MR) is 68.3 cm³/mol. The number of amides is 1. The Balaban J connectivity index is 2.52. The third-order valence-corrected chi connectivity index (χ3v) is 3.45. The zero-order valence-electron chi connectivity index (χ0n) is 11.2. The van der Waals surface area contributed by atoms with Crippen LogP contribution in [0, 0.1) is 17.8 Å². The molecule has 104 valence electrons. The molecule has 6 nitrogen and oxygen atoms in total. The van der Waals surface area contributed by atoms with Crippen LogP contribution in [-0.4, -0.2) is 36.2 Å². The highest BCUT2D eigenvalue weighted by Gasteiger charge is 2.29. The first kappa shape index (κ1) is 14.8. The van der Waals surface area contributed by atoms with Crippen LogP contribution >= 0.6 is 0 Å². The van der Waals surface area contributed by atoms with Crippen LogP contribution < -0.4 is 11.1 Å². The Morgan fingerprint density at radius 3 is 2.72 bits per heavy atom. The van der Waals surface area contributed by atoms with Crippen LogP contribution in [-0.2, 0) is 9.53 Å². The van der Waals surface area contributed by atoms with Crippen molar-refractivity contribution in [2.45, 2.75) is 33.3 Å². The van der Waals surface area contributed by atoms with Crippen LogP contribution in [0.25, 0.3) is 0 Å². The largest absolute Gasteiger partial charge is 0.409 e. The maximum atomic E-state index is 12.0. The third-order valence-electron chi connectivity index (χ3n) is 3.45. The Labute approximate surface area is 108 Å². The van der Waals surface area contributed by atoms with Crippen molar-refractivity contribution in [2.75, 3.05) is 13.2 Å². The first-order valence-corrected chi connectivity index (χ1v) is 6.34. The van der Waals surface area contributed by atoms with Gasteiger partial charge in [-0.2, -0.15) is 0 Å². The molecule has 1 amide bonds. The number of nitrogens with zero attached hydrogens (tertiary/aromatic N) is 1. The predicted octanol–water partition coefficient (Wildman–Crippen LogP) is 0.546. The van der Waals surface area contributed by atoms with E-state index in [9.17, 15) is 4.79 Å². The number of carbonyl (C=O) groups is 1. The molecule has 1 aliphatic heterocycles. The van der Waals surface area contributed by atoms with Crippen molar-refractivity contribution in [3.8, 4) is 0 Å². The number of nitrogens with one attached hydrogen (secondary N) is 1. The molecule has 0 saturated carbocycles. The Morgan fingerprint density at radius 2 is 2.28 bits per heavy atom. The van der Waals surface area contributed by atoms with E-state index < -0.39 is 5.92 Å². The SMILES string of the molecule is CC(C)C(C(=O)NCC1CCOC1C)C(N)=NO. The van der Waals surface area contributed by atoms with Crippen molar-refractivity contribution in [3.05, 3.63) is 0 Å². The number of oxime groups is 1. The molecule has 6 heteroatoms. The average molecular weight is 257 g/mol. The summed E-state index contributed by atoms with van der Waals surface area (Å²) in [5.74, 6) is -0.502. The lowest BCUT2D eigenvalue weighted by molar-refractivity contribution is -0.124. The highest BCUT2D eigenvalue weighted by Crippen LogP contribution is 2.19. The van der Waals surface area contributed by atoms with E-state index in [4.69, 9.17) is 15.7 Å². The molecule has 1 fully saturated rings. The minimum absolute atomic E-state index is 0.0156. The van der Waals surface area contributed by atoms with Crippen LogP contribution in [0.4, 0.5) is 0 Å². The first-order valence-electron chi connectivity index (χ1n) is 6.34. The van der Waals surface area contributed by atoms with Crippen molar-refractivity contribution in [3.63, 3.8) is 0 Å². The summed E-state index contributed by atoms with van der Waals surface area (Å²) < 4.78 is 5.43. The zero-order chi connectivity index (χ0) is 13.7. The Kier molecular flexibility index (Phi) is 5.40. The second-order valence-corrected chi connectivity index (χ2v) is 5.12. The van der Waals surface area contributed by atoms with Gasteiger partial charge in [0.05, 0.1) is 6.10 Å². The summed E-state index contributed by atoms with van der Waals surface area (Å²) >= 11 is 0. The number of hydrogen-bond acceptors (Lipinski definition) is 4. The van der Waals surface area contributed by atoms with Gasteiger partial charge in [0.15, 0.2) is 5.84 Å². The fourth-order valence-electron chi connectivity index (χ4n) is 2.23. The van der Waals surface area contributed by atoms with Crippen molar-refractivity contribution < 1.29 is 14.7 Å². The van der Waals surface area contributed by atoms with E-state index in [0.717, 1.165) is 13.0 Å². The molecule has 1 aliphatic rings. The van der Waals surface area contributed by atoms with Gasteiger partial charge in [-0.15, -0.1) is 0 Å². The van der Waals surface area contributed by atoms with Gasteiger partial charge in [0.1, 0.15) is 5.92 Å². The Morgan fingerprint density at radius 1 is 1.61 bits per heavy atom. The summed E-state index contributed by atoms with van der Waals surface area (Å²) in [6.07, 6.45) is 1.13. The second-order valence-electron chi connectivity index (χ2n) is 5.12. The van der Waals surface area contributed by atoms with Crippen molar-refractivity contribution >= 4 is 11.7 Å². The molecular weight excluding hydrogens is 234 g/mol. The van der Waals surface area contributed by atoms with Crippen molar-refractivity contribution in [1.29, 1.82) is 0 Å². The van der Waals surface area contributed by atoms with Crippen LogP contribution in [0.1, 0.15) is 27.2 Å². The minimum atomic E-state index is -0.590. The van der Waals surface area contributed by atoms with E-state index >= 15 is 0 Å². The number of rotatable bonds is 5. The average Bonchev–Trinajstić information content (AvgIpc) is 2.71. The number of ether oxygens (including phenoxy) is 1. The van der Waals surface area contributed by atoms with Crippen LogP contribution in [0.2, 0.25) is 0 Å². The molecule has 1 rings (SSSR count). The summed E-state index contributed by atoms with van der Waals surface area (Å²) in [4.78, 5) is 12.0. The summed E-state index contributed by atoms with van der Waals surface area (Å²) in [6, 6.07) is 0. The van der Waals surface area contributed by atoms with Crippen molar-refractivity contribution in [1.82, 2.24) is 5.32 Å². The van der Waals surface area contributed by atoms with E-state index in [2.05, 4.69) is 10.5 Å². The number of hydrogen-bond donors (Lipinski definition) is 3. The molecule has 0 aromatic heterocycles. The molecule has 3 atom stereocenters. The van der Waals surface area contributed by atoms with Gasteiger partial charge >= 0.3 is 0 Å². The normalized spacial score (nSPS) is 26.3. The molecule has 18 heavy (non-hydrogen) atoms. The molecule has 4 N–H and O–H groups in total. The van der Waals surface area contributed by atoms with Gasteiger partial charge in [0.2, 0.25) is 5.91 Å². The van der Waals surface area contributed by atoms with Crippen LogP contribution in [0.15, 0.2) is 5.16 Å². The number of amidine groups is 1. The van der Waals surface area contributed by atoms with E-state index in [-0.39, 0.29) is 23.8 Å². The van der Waals surface area contributed by atoms with Crippen LogP contribution in [0.3, 0.4) is 0 Å². The summed E-state index contributed by atoms with van der Waals surface area (Å²) in [5.41, 5.74) is 5.54. The molecular formula is C12H23N3O3. The van der Waals surface area contributed by atoms with Crippen LogP contribution in [0.5, 0.6) is 0 Å². The Hall–Kier alpha value is -1.30. The maximum Gasteiger partial charge on any atom is 0.231 e. The first-order chi connectivity index (χ1) is 8.47. The molecule has 3 unspecified atom stereocenters. The highest BCUT2D eigenvalue weighted by atomic mass is 16.5. The molecule has 0 radical (unpaired) electrons. The van der Waals surface area contributed by atoms with Gasteiger partial charge in [-0.05, 0) is 19.3 Å². The summed E-state index contributed by atoms with van der Waals surface area (Å²) in [6.45, 7) is 7.05. The maximum absolute atomic E-state index is 12.0. The monoisotopic (exact) mass is 257 g/mol. The minimum Gasteiger partial charge on any atom is -0.409 e. The fourth-order valence-corrected chi connectivity index (χ4v) is 2.23. The highest BCUT2D eigenvalue weighted by molar-refractivity contribution is 6.02. The van der Waals surface area contributed by atoms with E-state index in [1.54, 1.807) is 0 Å². The van der Waals surface area contributed by atoms with Gasteiger partial charge in [0.25, 0.3) is 0 Å².